The van der Waals surface area contributed by atoms with Crippen LogP contribution in [0, 0.1) is 0 Å². The molecule has 84 valence electrons. The summed E-state index contributed by atoms with van der Waals surface area (Å²) in [7, 11) is 0. The van der Waals surface area contributed by atoms with Gasteiger partial charge in [-0.3, -0.25) is 0 Å². The molecule has 3 aromatic rings. The molecule has 0 aliphatic heterocycles. The molecule has 17 heavy (non-hydrogen) atoms. The number of halogens is 1. The SMILES string of the molecule is Clc1cc(Nc2ccc3sccc3c2)ncn1. The molecule has 0 saturated carbocycles. The van der Waals surface area contributed by atoms with Crippen molar-refractivity contribution in [3.8, 4) is 0 Å². The number of nitrogens with zero attached hydrogens (tertiary/aromatic N) is 2. The first-order valence-electron chi connectivity index (χ1n) is 5.03. The summed E-state index contributed by atoms with van der Waals surface area (Å²) in [6.45, 7) is 0. The highest BCUT2D eigenvalue weighted by Gasteiger charge is 2.00. The Kier molecular flexibility index (Phi) is 2.66. The minimum absolute atomic E-state index is 0.430. The molecule has 5 heteroatoms. The second kappa shape index (κ2) is 4.31. The number of benzene rings is 1. The molecular weight excluding hydrogens is 254 g/mol. The van der Waals surface area contributed by atoms with Crippen LogP contribution in [0.3, 0.4) is 0 Å². The average Bonchev–Trinajstić information content (AvgIpc) is 2.76. The second-order valence-corrected chi connectivity index (χ2v) is 4.86. The van der Waals surface area contributed by atoms with E-state index >= 15 is 0 Å². The van der Waals surface area contributed by atoms with Crippen LogP contribution in [0.4, 0.5) is 11.5 Å². The van der Waals surface area contributed by atoms with Crippen molar-refractivity contribution in [2.24, 2.45) is 0 Å². The molecular formula is C12H8ClN3S. The van der Waals surface area contributed by atoms with Gasteiger partial charge in [-0.25, -0.2) is 9.97 Å². The number of anilines is 2. The van der Waals surface area contributed by atoms with Crippen molar-refractivity contribution < 1.29 is 0 Å². The van der Waals surface area contributed by atoms with Gasteiger partial charge in [0.2, 0.25) is 0 Å². The Morgan fingerprint density at radius 3 is 2.94 bits per heavy atom. The van der Waals surface area contributed by atoms with E-state index in [0.29, 0.717) is 11.0 Å². The number of fused-ring (bicyclic) bond motifs is 1. The summed E-state index contributed by atoms with van der Waals surface area (Å²) >= 11 is 7.53. The van der Waals surface area contributed by atoms with Gasteiger partial charge >= 0.3 is 0 Å². The summed E-state index contributed by atoms with van der Waals surface area (Å²) in [5.74, 6) is 0.694. The summed E-state index contributed by atoms with van der Waals surface area (Å²) in [6.07, 6.45) is 1.44. The largest absolute Gasteiger partial charge is 0.340 e. The Labute approximate surface area is 107 Å². The van der Waals surface area contributed by atoms with Crippen molar-refractivity contribution in [1.82, 2.24) is 9.97 Å². The molecule has 1 N–H and O–H groups in total. The molecule has 3 nitrogen and oxygen atoms in total. The molecule has 1 aromatic carbocycles. The smallest absolute Gasteiger partial charge is 0.135 e. The minimum Gasteiger partial charge on any atom is -0.340 e. The quantitative estimate of drug-likeness (QED) is 0.706. The van der Waals surface area contributed by atoms with Gasteiger partial charge in [0.25, 0.3) is 0 Å². The monoisotopic (exact) mass is 261 g/mol. The number of hydrogen-bond acceptors (Lipinski definition) is 4. The zero-order valence-corrected chi connectivity index (χ0v) is 10.3. The Balaban J connectivity index is 1.94. The van der Waals surface area contributed by atoms with Gasteiger partial charge in [0.15, 0.2) is 0 Å². The maximum atomic E-state index is 5.80. The van der Waals surface area contributed by atoms with Gasteiger partial charge in [0.05, 0.1) is 0 Å². The number of hydrogen-bond donors (Lipinski definition) is 1. The van der Waals surface area contributed by atoms with Crippen LogP contribution in [-0.4, -0.2) is 9.97 Å². The molecule has 0 atom stereocenters. The van der Waals surface area contributed by atoms with Gasteiger partial charge in [-0.1, -0.05) is 11.6 Å². The highest BCUT2D eigenvalue weighted by molar-refractivity contribution is 7.17. The Bertz CT molecular complexity index is 665. The zero-order valence-electron chi connectivity index (χ0n) is 8.72. The van der Waals surface area contributed by atoms with Crippen LogP contribution in [-0.2, 0) is 0 Å². The normalized spacial score (nSPS) is 10.6. The summed E-state index contributed by atoms with van der Waals surface area (Å²) in [5.41, 5.74) is 0.991. The standard InChI is InChI=1S/C12H8ClN3S/c13-11-6-12(15-7-14-11)16-9-1-2-10-8(5-9)3-4-17-10/h1-7H,(H,14,15,16). The van der Waals surface area contributed by atoms with Crippen molar-refractivity contribution in [3.63, 3.8) is 0 Å². The van der Waals surface area contributed by atoms with Crippen molar-refractivity contribution in [1.29, 1.82) is 0 Å². The maximum absolute atomic E-state index is 5.80. The third-order valence-electron chi connectivity index (χ3n) is 2.36. The summed E-state index contributed by atoms with van der Waals surface area (Å²) in [6, 6.07) is 9.99. The first kappa shape index (κ1) is 10.5. The number of rotatable bonds is 2. The molecule has 0 saturated heterocycles. The zero-order chi connectivity index (χ0) is 11.7. The lowest BCUT2D eigenvalue weighted by molar-refractivity contribution is 1.17. The van der Waals surface area contributed by atoms with E-state index in [0.717, 1.165) is 5.69 Å². The van der Waals surface area contributed by atoms with Gasteiger partial charge < -0.3 is 5.32 Å². The van der Waals surface area contributed by atoms with Crippen molar-refractivity contribution >= 4 is 44.5 Å². The fourth-order valence-corrected chi connectivity index (χ4v) is 2.51. The van der Waals surface area contributed by atoms with Gasteiger partial charge in [-0.2, -0.15) is 0 Å². The lowest BCUT2D eigenvalue weighted by Crippen LogP contribution is -1.93. The highest BCUT2D eigenvalue weighted by atomic mass is 35.5. The van der Waals surface area contributed by atoms with E-state index in [1.165, 1.54) is 16.4 Å². The Morgan fingerprint density at radius 2 is 2.06 bits per heavy atom. The second-order valence-electron chi connectivity index (χ2n) is 3.52. The molecule has 0 aliphatic rings. The first-order valence-corrected chi connectivity index (χ1v) is 6.29. The van der Waals surface area contributed by atoms with Crippen molar-refractivity contribution in [2.45, 2.75) is 0 Å². The summed E-state index contributed by atoms with van der Waals surface area (Å²) in [5, 5.41) is 6.93. The lowest BCUT2D eigenvalue weighted by Gasteiger charge is -2.05. The maximum Gasteiger partial charge on any atom is 0.135 e. The van der Waals surface area contributed by atoms with E-state index in [-0.39, 0.29) is 0 Å². The minimum atomic E-state index is 0.430. The molecule has 2 aromatic heterocycles. The summed E-state index contributed by atoms with van der Waals surface area (Å²) < 4.78 is 1.27. The molecule has 0 bridgehead atoms. The predicted octanol–water partition coefficient (Wildman–Crippen LogP) is 4.09. The van der Waals surface area contributed by atoms with Crippen LogP contribution < -0.4 is 5.32 Å². The topological polar surface area (TPSA) is 37.8 Å². The number of nitrogens with one attached hydrogen (secondary N) is 1. The molecule has 3 rings (SSSR count). The molecule has 0 radical (unpaired) electrons. The third kappa shape index (κ3) is 2.23. The van der Waals surface area contributed by atoms with Gasteiger partial charge in [0.1, 0.15) is 17.3 Å². The first-order chi connectivity index (χ1) is 8.31. The van der Waals surface area contributed by atoms with Crippen molar-refractivity contribution in [3.05, 3.63) is 47.2 Å². The van der Waals surface area contributed by atoms with Crippen LogP contribution in [0.15, 0.2) is 42.0 Å². The van der Waals surface area contributed by atoms with Crippen LogP contribution in [0.5, 0.6) is 0 Å². The predicted molar refractivity (Wildman–Crippen MR) is 72.1 cm³/mol. The van der Waals surface area contributed by atoms with E-state index in [9.17, 15) is 0 Å². The molecule has 2 heterocycles. The van der Waals surface area contributed by atoms with E-state index in [4.69, 9.17) is 11.6 Å². The van der Waals surface area contributed by atoms with Gasteiger partial charge in [-0.15, -0.1) is 11.3 Å². The van der Waals surface area contributed by atoms with E-state index in [2.05, 4.69) is 38.9 Å². The van der Waals surface area contributed by atoms with E-state index in [1.807, 2.05) is 6.07 Å². The van der Waals surface area contributed by atoms with Crippen molar-refractivity contribution in [2.75, 3.05) is 5.32 Å². The number of thiophene rings is 1. The van der Waals surface area contributed by atoms with Crippen LogP contribution in [0.1, 0.15) is 0 Å². The summed E-state index contributed by atoms with van der Waals surface area (Å²) in [4.78, 5) is 7.94. The van der Waals surface area contributed by atoms with Crippen LogP contribution in [0.2, 0.25) is 5.15 Å². The molecule has 0 spiro atoms. The highest BCUT2D eigenvalue weighted by Crippen LogP contribution is 2.25. The Hall–Kier alpha value is -1.65. The fourth-order valence-electron chi connectivity index (χ4n) is 1.59. The van der Waals surface area contributed by atoms with Crippen LogP contribution >= 0.6 is 22.9 Å². The third-order valence-corrected chi connectivity index (χ3v) is 3.46. The lowest BCUT2D eigenvalue weighted by atomic mass is 10.2. The van der Waals surface area contributed by atoms with Gasteiger partial charge in [-0.05, 0) is 35.0 Å². The van der Waals surface area contributed by atoms with E-state index in [1.54, 1.807) is 17.4 Å². The average molecular weight is 262 g/mol. The fraction of sp³-hybridized carbons (Fsp3) is 0. The van der Waals surface area contributed by atoms with E-state index < -0.39 is 0 Å². The molecule has 0 aliphatic carbocycles. The van der Waals surface area contributed by atoms with Gasteiger partial charge in [0, 0.05) is 16.5 Å². The molecule has 0 fully saturated rings. The number of aromatic nitrogens is 2. The van der Waals surface area contributed by atoms with Crippen LogP contribution in [0.25, 0.3) is 10.1 Å². The Morgan fingerprint density at radius 1 is 1.12 bits per heavy atom. The molecule has 0 unspecified atom stereocenters. The molecule has 0 amide bonds.